The summed E-state index contributed by atoms with van der Waals surface area (Å²) in [5.74, 6) is 0.260. The molecule has 0 spiro atoms. The number of piperidine rings is 1. The van der Waals surface area contributed by atoms with Gasteiger partial charge in [0, 0.05) is 19.2 Å². The minimum atomic E-state index is -4.28. The SMILES string of the molecule is OCC1CCC(c2ccc(C(F)(F)F)cc2)NC1. The molecule has 2 atom stereocenters. The van der Waals surface area contributed by atoms with Crippen LogP contribution >= 0.6 is 0 Å². The lowest BCUT2D eigenvalue weighted by molar-refractivity contribution is -0.137. The highest BCUT2D eigenvalue weighted by Crippen LogP contribution is 2.31. The molecule has 1 aromatic rings. The third-order valence-corrected chi connectivity index (χ3v) is 3.42. The summed E-state index contributed by atoms with van der Waals surface area (Å²) in [4.78, 5) is 0. The zero-order valence-corrected chi connectivity index (χ0v) is 9.87. The molecule has 0 aliphatic carbocycles. The van der Waals surface area contributed by atoms with Crippen LogP contribution in [0.15, 0.2) is 24.3 Å². The van der Waals surface area contributed by atoms with Gasteiger partial charge < -0.3 is 10.4 Å². The molecular formula is C13H16F3NO. The van der Waals surface area contributed by atoms with Gasteiger partial charge >= 0.3 is 6.18 Å². The third-order valence-electron chi connectivity index (χ3n) is 3.42. The van der Waals surface area contributed by atoms with Crippen molar-refractivity contribution in [2.45, 2.75) is 25.1 Å². The van der Waals surface area contributed by atoms with E-state index in [0.717, 1.165) is 30.5 Å². The zero-order chi connectivity index (χ0) is 13.2. The first-order chi connectivity index (χ1) is 8.50. The Morgan fingerprint density at radius 1 is 1.17 bits per heavy atom. The summed E-state index contributed by atoms with van der Waals surface area (Å²) < 4.78 is 37.2. The Labute approximate surface area is 104 Å². The van der Waals surface area contributed by atoms with Gasteiger partial charge in [-0.25, -0.2) is 0 Å². The van der Waals surface area contributed by atoms with E-state index in [0.29, 0.717) is 6.54 Å². The summed E-state index contributed by atoms with van der Waals surface area (Å²) in [7, 11) is 0. The monoisotopic (exact) mass is 259 g/mol. The van der Waals surface area contributed by atoms with Crippen LogP contribution in [0.5, 0.6) is 0 Å². The van der Waals surface area contributed by atoms with Crippen molar-refractivity contribution in [1.82, 2.24) is 5.32 Å². The van der Waals surface area contributed by atoms with Crippen molar-refractivity contribution in [2.75, 3.05) is 13.2 Å². The second-order valence-corrected chi connectivity index (χ2v) is 4.71. The molecule has 18 heavy (non-hydrogen) atoms. The van der Waals surface area contributed by atoms with Gasteiger partial charge in [0.1, 0.15) is 0 Å². The molecule has 1 saturated heterocycles. The first-order valence-electron chi connectivity index (χ1n) is 6.02. The molecule has 2 unspecified atom stereocenters. The van der Waals surface area contributed by atoms with Crippen LogP contribution in [0.25, 0.3) is 0 Å². The van der Waals surface area contributed by atoms with Crippen LogP contribution in [0.4, 0.5) is 13.2 Å². The zero-order valence-electron chi connectivity index (χ0n) is 9.87. The summed E-state index contributed by atoms with van der Waals surface area (Å²) in [6.07, 6.45) is -2.54. The van der Waals surface area contributed by atoms with Crippen LogP contribution in [0.2, 0.25) is 0 Å². The normalized spacial score (nSPS) is 25.1. The Hall–Kier alpha value is -1.07. The van der Waals surface area contributed by atoms with Crippen LogP contribution in [-0.2, 0) is 6.18 Å². The number of halogens is 3. The van der Waals surface area contributed by atoms with E-state index in [1.807, 2.05) is 0 Å². The maximum Gasteiger partial charge on any atom is 0.416 e. The van der Waals surface area contributed by atoms with Crippen molar-refractivity contribution in [3.05, 3.63) is 35.4 Å². The van der Waals surface area contributed by atoms with E-state index in [2.05, 4.69) is 5.32 Å². The van der Waals surface area contributed by atoms with E-state index in [9.17, 15) is 13.2 Å². The number of nitrogens with one attached hydrogen (secondary N) is 1. The summed E-state index contributed by atoms with van der Waals surface area (Å²) in [5, 5.41) is 12.3. The maximum absolute atomic E-state index is 12.4. The van der Waals surface area contributed by atoms with Crippen molar-refractivity contribution in [3.8, 4) is 0 Å². The number of aliphatic hydroxyl groups is 1. The van der Waals surface area contributed by atoms with E-state index >= 15 is 0 Å². The molecule has 1 fully saturated rings. The van der Waals surface area contributed by atoms with Gasteiger partial charge in [-0.2, -0.15) is 13.2 Å². The predicted molar refractivity (Wildman–Crippen MR) is 62.0 cm³/mol. The first kappa shape index (κ1) is 13.4. The Balaban J connectivity index is 2.02. The van der Waals surface area contributed by atoms with E-state index < -0.39 is 11.7 Å². The average Bonchev–Trinajstić information content (AvgIpc) is 2.38. The van der Waals surface area contributed by atoms with Crippen LogP contribution in [0, 0.1) is 5.92 Å². The lowest BCUT2D eigenvalue weighted by atomic mass is 9.91. The Morgan fingerprint density at radius 3 is 2.28 bits per heavy atom. The van der Waals surface area contributed by atoms with E-state index in [1.54, 1.807) is 0 Å². The largest absolute Gasteiger partial charge is 0.416 e. The molecule has 0 saturated carbocycles. The van der Waals surface area contributed by atoms with Crippen LogP contribution < -0.4 is 5.32 Å². The Morgan fingerprint density at radius 2 is 1.83 bits per heavy atom. The number of aliphatic hydroxyl groups excluding tert-OH is 1. The van der Waals surface area contributed by atoms with Crippen molar-refractivity contribution >= 4 is 0 Å². The molecule has 1 aliphatic heterocycles. The van der Waals surface area contributed by atoms with E-state index in [-0.39, 0.29) is 18.6 Å². The van der Waals surface area contributed by atoms with Crippen LogP contribution in [0.1, 0.15) is 30.0 Å². The minimum absolute atomic E-state index is 0.0927. The van der Waals surface area contributed by atoms with Crippen molar-refractivity contribution in [1.29, 1.82) is 0 Å². The number of hydrogen-bond donors (Lipinski definition) is 2. The van der Waals surface area contributed by atoms with Crippen molar-refractivity contribution in [3.63, 3.8) is 0 Å². The fourth-order valence-electron chi connectivity index (χ4n) is 2.26. The standard InChI is InChI=1S/C13H16F3NO/c14-13(15,16)11-4-2-10(3-5-11)12-6-1-9(8-18)7-17-12/h2-5,9,12,17-18H,1,6-8H2. The van der Waals surface area contributed by atoms with Gasteiger partial charge in [-0.3, -0.25) is 0 Å². The summed E-state index contributed by atoms with van der Waals surface area (Å²) >= 11 is 0. The molecule has 0 aromatic heterocycles. The summed E-state index contributed by atoms with van der Waals surface area (Å²) in [6.45, 7) is 0.870. The molecule has 2 nitrogen and oxygen atoms in total. The molecule has 5 heteroatoms. The highest BCUT2D eigenvalue weighted by Gasteiger charge is 2.30. The summed E-state index contributed by atoms with van der Waals surface area (Å²) in [5.41, 5.74) is 0.259. The smallest absolute Gasteiger partial charge is 0.396 e. The molecule has 0 amide bonds. The van der Waals surface area contributed by atoms with Gasteiger partial charge in [-0.15, -0.1) is 0 Å². The number of benzene rings is 1. The third kappa shape index (κ3) is 3.03. The van der Waals surface area contributed by atoms with Gasteiger partial charge in [0.15, 0.2) is 0 Å². The predicted octanol–water partition coefficient (Wildman–Crippen LogP) is 2.74. The Kier molecular flexibility index (Phi) is 3.92. The average molecular weight is 259 g/mol. The second-order valence-electron chi connectivity index (χ2n) is 4.71. The highest BCUT2D eigenvalue weighted by atomic mass is 19.4. The van der Waals surface area contributed by atoms with E-state index in [1.165, 1.54) is 12.1 Å². The maximum atomic E-state index is 12.4. The fraction of sp³-hybridized carbons (Fsp3) is 0.538. The van der Waals surface area contributed by atoms with Gasteiger partial charge in [0.2, 0.25) is 0 Å². The van der Waals surface area contributed by atoms with Gasteiger partial charge in [-0.05, 0) is 36.5 Å². The lowest BCUT2D eigenvalue weighted by Crippen LogP contribution is -2.34. The van der Waals surface area contributed by atoms with E-state index in [4.69, 9.17) is 5.11 Å². The van der Waals surface area contributed by atoms with Crippen LogP contribution in [-0.4, -0.2) is 18.3 Å². The van der Waals surface area contributed by atoms with Gasteiger partial charge in [-0.1, -0.05) is 12.1 Å². The quantitative estimate of drug-likeness (QED) is 0.856. The van der Waals surface area contributed by atoms with Gasteiger partial charge in [0.05, 0.1) is 5.56 Å². The molecule has 1 heterocycles. The molecule has 1 aromatic carbocycles. The second kappa shape index (κ2) is 5.28. The highest BCUT2D eigenvalue weighted by molar-refractivity contribution is 5.27. The lowest BCUT2D eigenvalue weighted by Gasteiger charge is -2.29. The van der Waals surface area contributed by atoms with Crippen molar-refractivity contribution < 1.29 is 18.3 Å². The first-order valence-corrected chi connectivity index (χ1v) is 6.02. The molecule has 0 radical (unpaired) electrons. The Bertz CT molecular complexity index is 380. The molecule has 1 aliphatic rings. The van der Waals surface area contributed by atoms with Crippen molar-refractivity contribution in [2.24, 2.45) is 5.92 Å². The topological polar surface area (TPSA) is 32.3 Å². The molecule has 0 bridgehead atoms. The molecule has 100 valence electrons. The molecule has 2 N–H and O–H groups in total. The number of rotatable bonds is 2. The minimum Gasteiger partial charge on any atom is -0.396 e. The number of hydrogen-bond acceptors (Lipinski definition) is 2. The fourth-order valence-corrected chi connectivity index (χ4v) is 2.26. The van der Waals surface area contributed by atoms with Gasteiger partial charge in [0.25, 0.3) is 0 Å². The molecular weight excluding hydrogens is 243 g/mol. The van der Waals surface area contributed by atoms with Crippen LogP contribution in [0.3, 0.4) is 0 Å². The molecule has 2 rings (SSSR count). The number of alkyl halides is 3. The summed E-state index contributed by atoms with van der Waals surface area (Å²) in [6, 6.07) is 5.39.